The molecule has 0 atom stereocenters. The van der Waals surface area contributed by atoms with E-state index in [-0.39, 0.29) is 18.0 Å². The predicted molar refractivity (Wildman–Crippen MR) is 71.0 cm³/mol. The Hall–Kier alpha value is -2.37. The van der Waals surface area contributed by atoms with Crippen molar-refractivity contribution in [2.75, 3.05) is 11.1 Å². The summed E-state index contributed by atoms with van der Waals surface area (Å²) < 4.78 is 15.1. The van der Waals surface area contributed by atoms with Crippen LogP contribution in [0.4, 0.5) is 15.8 Å². The molecule has 0 spiro atoms. The monoisotopic (exact) mass is 262 g/mol. The number of nitrogens with zero attached hydrogens (tertiary/aromatic N) is 2. The highest BCUT2D eigenvalue weighted by Gasteiger charge is 2.08. The number of nitrogen functional groups attached to an aromatic ring is 1. The van der Waals surface area contributed by atoms with Crippen LogP contribution in [-0.2, 0) is 11.3 Å². The molecule has 19 heavy (non-hydrogen) atoms. The van der Waals surface area contributed by atoms with Crippen molar-refractivity contribution in [3.05, 3.63) is 42.0 Å². The Morgan fingerprint density at radius 1 is 1.47 bits per heavy atom. The molecule has 1 heterocycles. The summed E-state index contributed by atoms with van der Waals surface area (Å²) >= 11 is 0. The van der Waals surface area contributed by atoms with Gasteiger partial charge < -0.3 is 11.1 Å². The lowest BCUT2D eigenvalue weighted by Gasteiger charge is -2.08. The van der Waals surface area contributed by atoms with E-state index >= 15 is 0 Å². The molecule has 0 aliphatic rings. The number of aromatic nitrogens is 2. The van der Waals surface area contributed by atoms with Crippen LogP contribution < -0.4 is 11.1 Å². The number of hydrogen-bond acceptors (Lipinski definition) is 3. The van der Waals surface area contributed by atoms with Gasteiger partial charge in [-0.1, -0.05) is 0 Å². The van der Waals surface area contributed by atoms with Gasteiger partial charge in [-0.3, -0.25) is 9.48 Å². The Balaban J connectivity index is 1.94. The Labute approximate surface area is 110 Å². The van der Waals surface area contributed by atoms with E-state index in [0.29, 0.717) is 12.2 Å². The van der Waals surface area contributed by atoms with Gasteiger partial charge >= 0.3 is 0 Å². The van der Waals surface area contributed by atoms with Crippen molar-refractivity contribution in [1.29, 1.82) is 0 Å². The first-order chi connectivity index (χ1) is 9.06. The highest BCUT2D eigenvalue weighted by molar-refractivity contribution is 5.91. The molecule has 2 aromatic rings. The minimum atomic E-state index is -0.502. The molecule has 1 aromatic carbocycles. The number of carbonyl (C=O) groups is 1. The number of halogens is 1. The molecule has 3 N–H and O–H groups in total. The molecule has 0 aliphatic heterocycles. The average Bonchev–Trinajstić information content (AvgIpc) is 2.77. The fraction of sp³-hybridized carbons (Fsp3) is 0.231. The normalized spacial score (nSPS) is 10.4. The van der Waals surface area contributed by atoms with Gasteiger partial charge in [0, 0.05) is 30.5 Å². The van der Waals surface area contributed by atoms with Crippen LogP contribution in [0, 0.1) is 12.7 Å². The maximum Gasteiger partial charge on any atom is 0.226 e. The van der Waals surface area contributed by atoms with Crippen LogP contribution >= 0.6 is 0 Å². The van der Waals surface area contributed by atoms with Crippen LogP contribution in [0.3, 0.4) is 0 Å². The van der Waals surface area contributed by atoms with E-state index in [0.717, 1.165) is 5.69 Å². The Morgan fingerprint density at radius 2 is 2.26 bits per heavy atom. The molecule has 1 aromatic heterocycles. The van der Waals surface area contributed by atoms with Crippen molar-refractivity contribution >= 4 is 17.3 Å². The molecule has 0 unspecified atom stereocenters. The zero-order valence-corrected chi connectivity index (χ0v) is 10.6. The molecule has 0 aliphatic carbocycles. The SMILES string of the molecule is Cc1ccnn1CCC(=O)Nc1cc(N)ccc1F. The summed E-state index contributed by atoms with van der Waals surface area (Å²) in [5, 5.41) is 6.57. The quantitative estimate of drug-likeness (QED) is 0.827. The summed E-state index contributed by atoms with van der Waals surface area (Å²) in [6.07, 6.45) is 1.89. The molecule has 2 rings (SSSR count). The Morgan fingerprint density at radius 3 is 2.95 bits per heavy atom. The zero-order valence-electron chi connectivity index (χ0n) is 10.6. The molecule has 0 saturated carbocycles. The Bertz CT molecular complexity index is 594. The third kappa shape index (κ3) is 3.31. The second-order valence-electron chi connectivity index (χ2n) is 4.23. The molecule has 100 valence electrons. The van der Waals surface area contributed by atoms with E-state index in [2.05, 4.69) is 10.4 Å². The third-order valence-corrected chi connectivity index (χ3v) is 2.74. The number of benzene rings is 1. The van der Waals surface area contributed by atoms with Gasteiger partial charge in [0.2, 0.25) is 5.91 Å². The van der Waals surface area contributed by atoms with Gasteiger partial charge in [-0.05, 0) is 31.2 Å². The van der Waals surface area contributed by atoms with Gasteiger partial charge in [-0.2, -0.15) is 5.10 Å². The van der Waals surface area contributed by atoms with Crippen molar-refractivity contribution in [2.45, 2.75) is 19.9 Å². The molecule has 1 amide bonds. The number of hydrogen-bond donors (Lipinski definition) is 2. The summed E-state index contributed by atoms with van der Waals surface area (Å²) in [6.45, 7) is 2.36. The standard InChI is InChI=1S/C13H15FN4O/c1-9-4-6-16-18(9)7-5-13(19)17-12-8-10(15)2-3-11(12)14/h2-4,6,8H,5,7,15H2,1H3,(H,17,19). The number of amides is 1. The molecule has 0 fully saturated rings. The van der Waals surface area contributed by atoms with E-state index in [1.807, 2.05) is 13.0 Å². The van der Waals surface area contributed by atoms with Gasteiger partial charge in [0.1, 0.15) is 5.82 Å². The van der Waals surface area contributed by atoms with E-state index in [1.165, 1.54) is 18.2 Å². The first-order valence-corrected chi connectivity index (χ1v) is 5.89. The van der Waals surface area contributed by atoms with Gasteiger partial charge in [-0.25, -0.2) is 4.39 Å². The highest BCUT2D eigenvalue weighted by atomic mass is 19.1. The van der Waals surface area contributed by atoms with Gasteiger partial charge in [0.05, 0.1) is 5.69 Å². The van der Waals surface area contributed by atoms with Crippen LogP contribution in [0.5, 0.6) is 0 Å². The minimum absolute atomic E-state index is 0.0992. The maximum atomic E-state index is 13.4. The van der Waals surface area contributed by atoms with Gasteiger partial charge in [0.25, 0.3) is 0 Å². The number of rotatable bonds is 4. The summed E-state index contributed by atoms with van der Waals surface area (Å²) in [7, 11) is 0. The first kappa shape index (κ1) is 13.1. The topological polar surface area (TPSA) is 72.9 Å². The van der Waals surface area contributed by atoms with Gasteiger partial charge in [0.15, 0.2) is 0 Å². The van der Waals surface area contributed by atoms with Crippen LogP contribution in [0.2, 0.25) is 0 Å². The average molecular weight is 262 g/mol. The second-order valence-corrected chi connectivity index (χ2v) is 4.23. The molecule has 6 heteroatoms. The van der Waals surface area contributed by atoms with Gasteiger partial charge in [-0.15, -0.1) is 0 Å². The number of nitrogens with one attached hydrogen (secondary N) is 1. The van der Waals surface area contributed by atoms with E-state index in [4.69, 9.17) is 5.73 Å². The maximum absolute atomic E-state index is 13.4. The van der Waals surface area contributed by atoms with Crippen molar-refractivity contribution in [1.82, 2.24) is 9.78 Å². The van der Waals surface area contributed by atoms with E-state index in [1.54, 1.807) is 10.9 Å². The molecular formula is C13H15FN4O. The second kappa shape index (κ2) is 5.51. The van der Waals surface area contributed by atoms with Crippen LogP contribution in [0.15, 0.2) is 30.5 Å². The van der Waals surface area contributed by atoms with Crippen molar-refractivity contribution < 1.29 is 9.18 Å². The summed E-state index contributed by atoms with van der Waals surface area (Å²) in [4.78, 5) is 11.7. The van der Waals surface area contributed by atoms with Crippen molar-refractivity contribution in [3.63, 3.8) is 0 Å². The van der Waals surface area contributed by atoms with Crippen LogP contribution in [0.25, 0.3) is 0 Å². The highest BCUT2D eigenvalue weighted by Crippen LogP contribution is 2.17. The molecular weight excluding hydrogens is 247 g/mol. The lowest BCUT2D eigenvalue weighted by atomic mass is 10.2. The zero-order chi connectivity index (χ0) is 13.8. The minimum Gasteiger partial charge on any atom is -0.399 e. The van der Waals surface area contributed by atoms with E-state index in [9.17, 15) is 9.18 Å². The molecule has 5 nitrogen and oxygen atoms in total. The number of aryl methyl sites for hydroxylation is 2. The molecule has 0 saturated heterocycles. The Kier molecular flexibility index (Phi) is 3.79. The first-order valence-electron chi connectivity index (χ1n) is 5.89. The van der Waals surface area contributed by atoms with E-state index < -0.39 is 5.82 Å². The molecule has 0 bridgehead atoms. The van der Waals surface area contributed by atoms with Crippen LogP contribution in [-0.4, -0.2) is 15.7 Å². The lowest BCUT2D eigenvalue weighted by Crippen LogP contribution is -2.16. The largest absolute Gasteiger partial charge is 0.399 e. The fourth-order valence-corrected chi connectivity index (χ4v) is 1.69. The number of anilines is 2. The number of carbonyl (C=O) groups excluding carboxylic acids is 1. The third-order valence-electron chi connectivity index (χ3n) is 2.74. The van der Waals surface area contributed by atoms with Crippen molar-refractivity contribution in [2.24, 2.45) is 0 Å². The number of nitrogens with two attached hydrogens (primary N) is 1. The lowest BCUT2D eigenvalue weighted by molar-refractivity contribution is -0.116. The van der Waals surface area contributed by atoms with Crippen LogP contribution in [0.1, 0.15) is 12.1 Å². The fourth-order valence-electron chi connectivity index (χ4n) is 1.69. The summed E-state index contributed by atoms with van der Waals surface area (Å²) in [6, 6.07) is 5.92. The smallest absolute Gasteiger partial charge is 0.226 e. The van der Waals surface area contributed by atoms with Crippen molar-refractivity contribution in [3.8, 4) is 0 Å². The summed E-state index contributed by atoms with van der Waals surface area (Å²) in [5.74, 6) is -0.780. The molecule has 0 radical (unpaired) electrons. The summed E-state index contributed by atoms with van der Waals surface area (Å²) in [5.41, 5.74) is 7.02. The predicted octanol–water partition coefficient (Wildman–Crippen LogP) is 1.94.